The van der Waals surface area contributed by atoms with Crippen molar-refractivity contribution in [3.05, 3.63) is 94.2 Å². The molecule has 0 bridgehead atoms. The Kier molecular flexibility index (Phi) is 7.35. The van der Waals surface area contributed by atoms with Crippen molar-refractivity contribution in [2.24, 2.45) is 5.73 Å². The first kappa shape index (κ1) is 28.2. The van der Waals surface area contributed by atoms with E-state index >= 15 is 0 Å². The van der Waals surface area contributed by atoms with Crippen LogP contribution in [-0.2, 0) is 17.8 Å². The second kappa shape index (κ2) is 11.5. The number of ether oxygens (including phenoxy) is 2. The van der Waals surface area contributed by atoms with Crippen molar-refractivity contribution in [1.29, 1.82) is 0 Å². The standard InChI is InChI=1S/C33H32FN5O5/c34-25-16-21(31(35)40)4-6-24(25)28-9-5-20-2-1-3-23(30(20)44-28)19-10-13-38(14-11-19)18-29-36-26-7-8-27(33(41)42)37-32(26)39(29)17-22-12-15-43-22/h1-9,16,19,22,28H,10-15,17-18H2,(H2,35,40)(H,41,42)/t22-,28+/m0/s1. The predicted molar refractivity (Wildman–Crippen MR) is 160 cm³/mol. The second-order valence-electron chi connectivity index (χ2n) is 11.6. The Morgan fingerprint density at radius 1 is 1.05 bits per heavy atom. The fourth-order valence-electron chi connectivity index (χ4n) is 6.31. The number of hydrogen-bond donors (Lipinski definition) is 2. The number of likely N-dealkylation sites (tertiary alicyclic amines) is 1. The van der Waals surface area contributed by atoms with Crippen molar-refractivity contribution in [3.8, 4) is 5.75 Å². The number of aromatic carboxylic acids is 1. The van der Waals surface area contributed by atoms with Crippen LogP contribution in [0, 0.1) is 5.82 Å². The van der Waals surface area contributed by atoms with E-state index in [0.29, 0.717) is 29.8 Å². The highest BCUT2D eigenvalue weighted by Gasteiger charge is 2.29. The van der Waals surface area contributed by atoms with Crippen LogP contribution >= 0.6 is 0 Å². The van der Waals surface area contributed by atoms with Crippen molar-refractivity contribution in [2.45, 2.75) is 50.5 Å². The fourth-order valence-corrected chi connectivity index (χ4v) is 6.31. The maximum atomic E-state index is 14.9. The van der Waals surface area contributed by atoms with E-state index in [1.807, 2.05) is 28.9 Å². The van der Waals surface area contributed by atoms with Crippen molar-refractivity contribution in [1.82, 2.24) is 19.4 Å². The van der Waals surface area contributed by atoms with E-state index in [-0.39, 0.29) is 23.3 Å². The second-order valence-corrected chi connectivity index (χ2v) is 11.6. The van der Waals surface area contributed by atoms with Gasteiger partial charge in [-0.1, -0.05) is 30.3 Å². The molecule has 0 spiro atoms. The number of fused-ring (bicyclic) bond motifs is 2. The van der Waals surface area contributed by atoms with Gasteiger partial charge in [-0.3, -0.25) is 9.69 Å². The summed E-state index contributed by atoms with van der Waals surface area (Å²) in [6, 6.07) is 13.5. The van der Waals surface area contributed by atoms with Crippen molar-refractivity contribution < 1.29 is 28.6 Å². The number of carboxylic acid groups (broad SMARTS) is 1. The van der Waals surface area contributed by atoms with Gasteiger partial charge in [-0.2, -0.15) is 0 Å². The largest absolute Gasteiger partial charge is 0.481 e. The number of rotatable bonds is 8. The van der Waals surface area contributed by atoms with Gasteiger partial charge in [0.15, 0.2) is 11.3 Å². The van der Waals surface area contributed by atoms with E-state index in [1.54, 1.807) is 12.1 Å². The summed E-state index contributed by atoms with van der Waals surface area (Å²) < 4.78 is 29.0. The molecule has 2 aromatic heterocycles. The molecule has 2 aromatic carbocycles. The summed E-state index contributed by atoms with van der Waals surface area (Å²) in [5.41, 5.74) is 9.08. The molecule has 11 heteroatoms. The number of primary amides is 1. The van der Waals surface area contributed by atoms with Gasteiger partial charge in [0.2, 0.25) is 5.91 Å². The van der Waals surface area contributed by atoms with Crippen LogP contribution in [0.5, 0.6) is 5.75 Å². The SMILES string of the molecule is NC(=O)c1ccc([C@H]2C=Cc3cccc(C4CCN(Cc5nc6ccc(C(=O)O)nc6n5C[C@@H]5CCO5)CC4)c3O2)c(F)c1. The molecule has 44 heavy (non-hydrogen) atoms. The lowest BCUT2D eigenvalue weighted by molar-refractivity contribution is -0.0593. The number of nitrogens with zero attached hydrogens (tertiary/aromatic N) is 4. The number of carbonyl (C=O) groups excluding carboxylic acids is 1. The first-order valence-electron chi connectivity index (χ1n) is 14.8. The van der Waals surface area contributed by atoms with E-state index in [0.717, 1.165) is 67.7 Å². The zero-order valence-corrected chi connectivity index (χ0v) is 24.0. The average Bonchev–Trinajstić information content (AvgIpc) is 3.34. The Bertz CT molecular complexity index is 1790. The molecule has 5 heterocycles. The Labute approximate surface area is 252 Å². The van der Waals surface area contributed by atoms with Crippen molar-refractivity contribution >= 4 is 29.1 Å². The molecule has 0 aliphatic carbocycles. The number of pyridine rings is 1. The number of benzene rings is 2. The Balaban J connectivity index is 1.07. The number of nitrogens with two attached hydrogens (primary N) is 1. The van der Waals surface area contributed by atoms with E-state index in [9.17, 15) is 19.1 Å². The van der Waals surface area contributed by atoms with Gasteiger partial charge in [0.1, 0.15) is 29.0 Å². The monoisotopic (exact) mass is 597 g/mol. The van der Waals surface area contributed by atoms with Gasteiger partial charge < -0.3 is 24.9 Å². The molecular weight excluding hydrogens is 565 g/mol. The van der Waals surface area contributed by atoms with Gasteiger partial charge in [-0.25, -0.2) is 19.2 Å². The zero-order valence-electron chi connectivity index (χ0n) is 24.0. The van der Waals surface area contributed by atoms with Crippen LogP contribution in [0.4, 0.5) is 4.39 Å². The third kappa shape index (κ3) is 5.33. The van der Waals surface area contributed by atoms with Crippen LogP contribution in [0.25, 0.3) is 17.2 Å². The molecular formula is C33H32FN5O5. The lowest BCUT2D eigenvalue weighted by atomic mass is 9.87. The van der Waals surface area contributed by atoms with Gasteiger partial charge in [-0.05, 0) is 74.2 Å². The summed E-state index contributed by atoms with van der Waals surface area (Å²) in [6.07, 6.45) is 6.01. The molecule has 0 unspecified atom stereocenters. The highest BCUT2D eigenvalue weighted by molar-refractivity contribution is 5.92. The van der Waals surface area contributed by atoms with E-state index in [4.69, 9.17) is 20.2 Å². The third-order valence-electron chi connectivity index (χ3n) is 8.83. The Hall–Kier alpha value is -4.61. The first-order valence-corrected chi connectivity index (χ1v) is 14.8. The number of piperidine rings is 1. The molecule has 1 amide bonds. The quantitative estimate of drug-likeness (QED) is 0.299. The van der Waals surface area contributed by atoms with Gasteiger partial charge in [0, 0.05) is 23.3 Å². The lowest BCUT2D eigenvalue weighted by Crippen LogP contribution is -2.35. The number of amides is 1. The third-order valence-corrected chi connectivity index (χ3v) is 8.83. The van der Waals surface area contributed by atoms with Gasteiger partial charge in [-0.15, -0.1) is 0 Å². The molecule has 7 rings (SSSR count). The summed E-state index contributed by atoms with van der Waals surface area (Å²) in [5, 5.41) is 9.48. The number of carboxylic acids is 1. The summed E-state index contributed by atoms with van der Waals surface area (Å²) in [5.74, 6) is -0.403. The van der Waals surface area contributed by atoms with Crippen LogP contribution in [0.1, 0.15) is 74.6 Å². The minimum absolute atomic E-state index is 0.00329. The normalized spacial score (nSPS) is 20.2. The minimum Gasteiger partial charge on any atom is -0.481 e. The molecule has 0 saturated carbocycles. The number of halogens is 1. The maximum absolute atomic E-state index is 14.9. The smallest absolute Gasteiger partial charge is 0.354 e. The van der Waals surface area contributed by atoms with E-state index in [2.05, 4.69) is 16.0 Å². The summed E-state index contributed by atoms with van der Waals surface area (Å²) in [7, 11) is 0. The van der Waals surface area contributed by atoms with Gasteiger partial charge in [0.25, 0.3) is 0 Å². The molecule has 2 saturated heterocycles. The van der Waals surface area contributed by atoms with Crippen LogP contribution < -0.4 is 10.5 Å². The average molecular weight is 598 g/mol. The first-order chi connectivity index (χ1) is 21.3. The number of carbonyl (C=O) groups is 2. The van der Waals surface area contributed by atoms with Crippen LogP contribution in [0.2, 0.25) is 0 Å². The van der Waals surface area contributed by atoms with Crippen LogP contribution in [0.3, 0.4) is 0 Å². The fraction of sp³-hybridized carbons (Fsp3) is 0.333. The van der Waals surface area contributed by atoms with Gasteiger partial charge >= 0.3 is 5.97 Å². The Morgan fingerprint density at radius 3 is 2.57 bits per heavy atom. The molecule has 2 fully saturated rings. The Morgan fingerprint density at radius 2 is 1.86 bits per heavy atom. The molecule has 4 aromatic rings. The van der Waals surface area contributed by atoms with Crippen LogP contribution in [-0.4, -0.2) is 62.2 Å². The molecule has 3 aliphatic heterocycles. The number of para-hydroxylation sites is 1. The molecule has 3 N–H and O–H groups in total. The topological polar surface area (TPSA) is 133 Å². The molecule has 10 nitrogen and oxygen atoms in total. The highest BCUT2D eigenvalue weighted by atomic mass is 19.1. The number of imidazole rings is 1. The number of hydrogen-bond acceptors (Lipinski definition) is 7. The van der Waals surface area contributed by atoms with Crippen molar-refractivity contribution in [2.75, 3.05) is 19.7 Å². The maximum Gasteiger partial charge on any atom is 0.354 e. The van der Waals surface area contributed by atoms with Crippen molar-refractivity contribution in [3.63, 3.8) is 0 Å². The predicted octanol–water partition coefficient (Wildman–Crippen LogP) is 4.68. The molecule has 2 atom stereocenters. The summed E-state index contributed by atoms with van der Waals surface area (Å²) >= 11 is 0. The summed E-state index contributed by atoms with van der Waals surface area (Å²) in [6.45, 7) is 3.62. The summed E-state index contributed by atoms with van der Waals surface area (Å²) in [4.78, 5) is 34.7. The van der Waals surface area contributed by atoms with E-state index < -0.39 is 23.8 Å². The molecule has 0 radical (unpaired) electrons. The molecule has 226 valence electrons. The zero-order chi connectivity index (χ0) is 30.4. The molecule has 3 aliphatic rings. The van der Waals surface area contributed by atoms with Crippen LogP contribution in [0.15, 0.2) is 54.6 Å². The van der Waals surface area contributed by atoms with Gasteiger partial charge in [0.05, 0.1) is 19.2 Å². The lowest BCUT2D eigenvalue weighted by Gasteiger charge is -2.34. The number of aromatic nitrogens is 3. The highest BCUT2D eigenvalue weighted by Crippen LogP contribution is 2.42. The minimum atomic E-state index is -1.07. The van der Waals surface area contributed by atoms with E-state index in [1.165, 1.54) is 12.1 Å².